The summed E-state index contributed by atoms with van der Waals surface area (Å²) in [4.78, 5) is 10.1. The molecule has 2 N–H and O–H groups in total. The molecule has 0 radical (unpaired) electrons. The van der Waals surface area contributed by atoms with E-state index < -0.39 is 0 Å². The summed E-state index contributed by atoms with van der Waals surface area (Å²) in [6, 6.07) is 0. The number of fused-ring (bicyclic) bond motifs is 1. The topological polar surface area (TPSA) is 58.0 Å². The first-order chi connectivity index (χ1) is 8.99. The maximum absolute atomic E-state index is 9.22. The van der Waals surface area contributed by atoms with Crippen LogP contribution in [0.4, 0.5) is 5.82 Å². The van der Waals surface area contributed by atoms with Crippen LogP contribution in [0.2, 0.25) is 0 Å². The van der Waals surface area contributed by atoms with E-state index in [0.717, 1.165) is 28.3 Å². The molecule has 0 saturated carbocycles. The van der Waals surface area contributed by atoms with E-state index in [2.05, 4.69) is 41.4 Å². The van der Waals surface area contributed by atoms with Gasteiger partial charge in [0, 0.05) is 12.1 Å². The Morgan fingerprint density at radius 3 is 2.74 bits per heavy atom. The van der Waals surface area contributed by atoms with Crippen LogP contribution in [0.1, 0.15) is 38.1 Å². The van der Waals surface area contributed by atoms with E-state index >= 15 is 0 Å². The molecule has 1 unspecified atom stereocenters. The van der Waals surface area contributed by atoms with Crippen molar-refractivity contribution < 1.29 is 5.11 Å². The van der Waals surface area contributed by atoms with Crippen LogP contribution in [0.5, 0.6) is 0 Å². The van der Waals surface area contributed by atoms with Crippen molar-refractivity contribution in [2.75, 3.05) is 11.9 Å². The van der Waals surface area contributed by atoms with Crippen molar-refractivity contribution in [3.05, 3.63) is 16.8 Å². The second-order valence-corrected chi connectivity index (χ2v) is 6.09. The molecular weight excluding hydrogens is 258 g/mol. The molecule has 0 aliphatic carbocycles. The second kappa shape index (κ2) is 5.43. The van der Waals surface area contributed by atoms with Gasteiger partial charge in [-0.2, -0.15) is 0 Å². The van der Waals surface area contributed by atoms with Crippen molar-refractivity contribution in [3.63, 3.8) is 0 Å². The summed E-state index contributed by atoms with van der Waals surface area (Å²) in [6.45, 7) is 8.41. The van der Waals surface area contributed by atoms with Gasteiger partial charge in [-0.15, -0.1) is 11.3 Å². The molecule has 2 heterocycles. The monoisotopic (exact) mass is 279 g/mol. The molecule has 0 aliphatic rings. The molecule has 1 atom stereocenters. The Kier molecular flexibility index (Phi) is 4.06. The minimum atomic E-state index is -0.142. The van der Waals surface area contributed by atoms with E-state index in [4.69, 9.17) is 0 Å². The van der Waals surface area contributed by atoms with Gasteiger partial charge in [-0.3, -0.25) is 0 Å². The zero-order valence-electron chi connectivity index (χ0n) is 11.9. The molecule has 2 aromatic rings. The van der Waals surface area contributed by atoms with Crippen LogP contribution in [0.15, 0.2) is 5.38 Å². The number of rotatable bonds is 5. The van der Waals surface area contributed by atoms with Gasteiger partial charge in [0.1, 0.15) is 16.5 Å². The highest BCUT2D eigenvalue weighted by molar-refractivity contribution is 7.17. The normalized spacial score (nSPS) is 14.6. The number of aliphatic hydroxyl groups is 1. The lowest BCUT2D eigenvalue weighted by atomic mass is 9.94. The second-order valence-electron chi connectivity index (χ2n) is 5.23. The number of nitrogens with one attached hydrogen (secondary N) is 1. The zero-order valence-corrected chi connectivity index (χ0v) is 12.8. The third-order valence-electron chi connectivity index (χ3n) is 3.59. The molecule has 104 valence electrons. The van der Waals surface area contributed by atoms with Crippen molar-refractivity contribution in [2.24, 2.45) is 0 Å². The van der Waals surface area contributed by atoms with Gasteiger partial charge < -0.3 is 10.4 Å². The first-order valence-corrected chi connectivity index (χ1v) is 7.48. The fourth-order valence-corrected chi connectivity index (χ4v) is 3.11. The van der Waals surface area contributed by atoms with Gasteiger partial charge >= 0.3 is 0 Å². The molecule has 0 saturated heterocycles. The minimum absolute atomic E-state index is 0.142. The molecule has 2 rings (SSSR count). The quantitative estimate of drug-likeness (QED) is 0.882. The molecule has 5 heteroatoms. The Balaban J connectivity index is 2.46. The zero-order chi connectivity index (χ0) is 14.0. The van der Waals surface area contributed by atoms with E-state index in [1.807, 2.05) is 6.92 Å². The number of hydrogen-bond acceptors (Lipinski definition) is 5. The maximum Gasteiger partial charge on any atom is 0.139 e. The molecule has 0 amide bonds. The molecule has 0 aromatic carbocycles. The van der Waals surface area contributed by atoms with E-state index in [1.54, 1.807) is 11.3 Å². The van der Waals surface area contributed by atoms with Crippen molar-refractivity contribution in [3.8, 4) is 0 Å². The molecular formula is C14H21N3OS. The predicted octanol–water partition coefficient (Wildman–Crippen LogP) is 3.27. The van der Waals surface area contributed by atoms with Crippen LogP contribution in [0.3, 0.4) is 0 Å². The summed E-state index contributed by atoms with van der Waals surface area (Å²) in [6.07, 6.45) is 1.64. The Bertz CT molecular complexity index is 581. The Morgan fingerprint density at radius 1 is 1.37 bits per heavy atom. The fourth-order valence-electron chi connectivity index (χ4n) is 2.14. The number of thiophene rings is 1. The number of aromatic nitrogens is 2. The summed E-state index contributed by atoms with van der Waals surface area (Å²) in [5.74, 6) is 1.67. The lowest BCUT2D eigenvalue weighted by Gasteiger charge is -2.30. The van der Waals surface area contributed by atoms with Crippen molar-refractivity contribution >= 4 is 27.4 Å². The van der Waals surface area contributed by atoms with Gasteiger partial charge in [-0.05, 0) is 44.6 Å². The van der Waals surface area contributed by atoms with Gasteiger partial charge in [0.05, 0.1) is 5.39 Å². The smallest absolute Gasteiger partial charge is 0.139 e. The Labute approximate surface area is 117 Å². The summed E-state index contributed by atoms with van der Waals surface area (Å²) in [5.41, 5.74) is 1.06. The number of aryl methyl sites for hydroxylation is 2. The number of anilines is 1. The predicted molar refractivity (Wildman–Crippen MR) is 80.9 cm³/mol. The van der Waals surface area contributed by atoms with Crippen LogP contribution in [-0.2, 0) is 0 Å². The third kappa shape index (κ3) is 2.87. The lowest BCUT2D eigenvalue weighted by Crippen LogP contribution is -2.35. The largest absolute Gasteiger partial charge is 0.396 e. The van der Waals surface area contributed by atoms with E-state index in [1.165, 1.54) is 5.56 Å². The van der Waals surface area contributed by atoms with Crippen molar-refractivity contribution in [1.29, 1.82) is 0 Å². The van der Waals surface area contributed by atoms with E-state index in [9.17, 15) is 5.11 Å². The molecule has 0 bridgehead atoms. The Morgan fingerprint density at radius 2 is 2.11 bits per heavy atom. The van der Waals surface area contributed by atoms with Gasteiger partial charge in [0.2, 0.25) is 0 Å². The Hall–Kier alpha value is -1.20. The summed E-state index contributed by atoms with van der Waals surface area (Å²) in [7, 11) is 0. The summed E-state index contributed by atoms with van der Waals surface area (Å²) in [5, 5.41) is 16.0. The molecule has 0 aliphatic heterocycles. The first kappa shape index (κ1) is 14.2. The molecule has 2 aromatic heterocycles. The number of hydrogen-bond donors (Lipinski definition) is 2. The minimum Gasteiger partial charge on any atom is -0.396 e. The third-order valence-corrected chi connectivity index (χ3v) is 4.58. The number of nitrogens with zero attached hydrogens (tertiary/aromatic N) is 2. The van der Waals surface area contributed by atoms with Gasteiger partial charge in [-0.1, -0.05) is 6.92 Å². The van der Waals surface area contributed by atoms with E-state index in [-0.39, 0.29) is 12.1 Å². The summed E-state index contributed by atoms with van der Waals surface area (Å²) >= 11 is 1.65. The van der Waals surface area contributed by atoms with Gasteiger partial charge in [-0.25, -0.2) is 9.97 Å². The van der Waals surface area contributed by atoms with Crippen molar-refractivity contribution in [1.82, 2.24) is 9.97 Å². The van der Waals surface area contributed by atoms with Crippen LogP contribution in [-0.4, -0.2) is 27.2 Å². The van der Waals surface area contributed by atoms with Crippen molar-refractivity contribution in [2.45, 2.75) is 46.1 Å². The SMILES string of the molecule is CCC(C)(CCO)Nc1nc(C)nc2scc(C)c12. The van der Waals surface area contributed by atoms with Crippen LogP contribution in [0.25, 0.3) is 10.2 Å². The highest BCUT2D eigenvalue weighted by atomic mass is 32.1. The van der Waals surface area contributed by atoms with Gasteiger partial charge in [0.15, 0.2) is 0 Å². The first-order valence-electron chi connectivity index (χ1n) is 6.60. The average molecular weight is 279 g/mol. The van der Waals surface area contributed by atoms with Crippen LogP contribution in [0, 0.1) is 13.8 Å². The molecule has 0 spiro atoms. The number of aliphatic hydroxyl groups excluding tert-OH is 1. The molecule has 4 nitrogen and oxygen atoms in total. The maximum atomic E-state index is 9.22. The highest BCUT2D eigenvalue weighted by Gasteiger charge is 2.23. The van der Waals surface area contributed by atoms with Crippen LogP contribution >= 0.6 is 11.3 Å². The summed E-state index contributed by atoms with van der Waals surface area (Å²) < 4.78 is 0. The van der Waals surface area contributed by atoms with Crippen LogP contribution < -0.4 is 5.32 Å². The van der Waals surface area contributed by atoms with E-state index in [0.29, 0.717) is 6.42 Å². The standard InChI is InChI=1S/C14H21N3OS/c1-5-14(4,6-7-18)17-12-11-9(2)8-19-13(11)16-10(3)15-12/h8,18H,5-7H2,1-4H3,(H,15,16,17). The van der Waals surface area contributed by atoms with Gasteiger partial charge in [0.25, 0.3) is 0 Å². The average Bonchev–Trinajstić information content (AvgIpc) is 2.71. The molecule has 19 heavy (non-hydrogen) atoms. The highest BCUT2D eigenvalue weighted by Crippen LogP contribution is 2.32. The molecule has 0 fully saturated rings. The lowest BCUT2D eigenvalue weighted by molar-refractivity contribution is 0.252. The fraction of sp³-hybridized carbons (Fsp3) is 0.571.